The third kappa shape index (κ3) is 6.34. The van der Waals surface area contributed by atoms with Crippen molar-refractivity contribution in [1.82, 2.24) is 14.8 Å². The standard InChI is InChI=1S/C29H32N4O7S/c1-4-38-29(34)26-15-30-28-25(16-31-33(28)17-21-7-9-22(37-3)10-8-21)27(26)32-13-14-39-23(18-32)19-40-41(35,36)24-11-5-20(2)6-12-24/h5-12,15-16,23H,4,13-14,17-19H2,1-3H3/t23-/m0/s1. The van der Waals surface area contributed by atoms with Gasteiger partial charge in [-0.2, -0.15) is 13.5 Å². The van der Waals surface area contributed by atoms with Gasteiger partial charge in [-0.05, 0) is 43.7 Å². The Morgan fingerprint density at radius 2 is 1.85 bits per heavy atom. The topological polar surface area (TPSA) is 122 Å². The molecule has 1 aliphatic heterocycles. The monoisotopic (exact) mass is 580 g/mol. The van der Waals surface area contributed by atoms with Crippen molar-refractivity contribution in [2.45, 2.75) is 31.4 Å². The number of pyridine rings is 1. The number of esters is 1. The zero-order valence-electron chi connectivity index (χ0n) is 23.1. The number of hydrogen-bond acceptors (Lipinski definition) is 10. The molecule has 3 heterocycles. The van der Waals surface area contributed by atoms with Crippen molar-refractivity contribution in [2.75, 3.05) is 44.9 Å². The van der Waals surface area contributed by atoms with Gasteiger partial charge in [0.1, 0.15) is 11.3 Å². The molecular formula is C29H32N4O7S. The molecule has 2 aromatic carbocycles. The maximum absolute atomic E-state index is 13.0. The van der Waals surface area contributed by atoms with Gasteiger partial charge >= 0.3 is 5.97 Å². The van der Waals surface area contributed by atoms with Crippen LogP contribution in [0.2, 0.25) is 0 Å². The van der Waals surface area contributed by atoms with Crippen LogP contribution in [0.25, 0.3) is 11.0 Å². The molecule has 5 rings (SSSR count). The lowest BCUT2D eigenvalue weighted by Crippen LogP contribution is -2.45. The SMILES string of the molecule is CCOC(=O)c1cnc2c(cnn2Cc2ccc(OC)cc2)c1N1CCO[C@H](COS(=O)(=O)c2ccc(C)cc2)C1. The third-order valence-electron chi connectivity index (χ3n) is 6.80. The first-order chi connectivity index (χ1) is 19.8. The highest BCUT2D eigenvalue weighted by Gasteiger charge is 2.29. The Bertz CT molecular complexity index is 1620. The number of hydrogen-bond donors (Lipinski definition) is 0. The molecule has 0 bridgehead atoms. The summed E-state index contributed by atoms with van der Waals surface area (Å²) in [6, 6.07) is 14.1. The van der Waals surface area contributed by atoms with E-state index in [1.54, 1.807) is 37.0 Å². The molecule has 1 saturated heterocycles. The van der Waals surface area contributed by atoms with Crippen LogP contribution in [0.15, 0.2) is 65.8 Å². The summed E-state index contributed by atoms with van der Waals surface area (Å²) in [5.74, 6) is 0.261. The normalized spacial score (nSPS) is 15.7. The van der Waals surface area contributed by atoms with Crippen molar-refractivity contribution in [3.8, 4) is 5.75 Å². The first-order valence-electron chi connectivity index (χ1n) is 13.3. The number of anilines is 1. The summed E-state index contributed by atoms with van der Waals surface area (Å²) in [5, 5.41) is 5.25. The van der Waals surface area contributed by atoms with Crippen molar-refractivity contribution in [3.63, 3.8) is 0 Å². The highest BCUT2D eigenvalue weighted by molar-refractivity contribution is 7.86. The fourth-order valence-electron chi connectivity index (χ4n) is 4.69. The molecule has 1 aliphatic rings. The molecule has 0 N–H and O–H groups in total. The average molecular weight is 581 g/mol. The molecule has 0 radical (unpaired) electrons. The fraction of sp³-hybridized carbons (Fsp3) is 0.345. The second-order valence-corrected chi connectivity index (χ2v) is 11.2. The van der Waals surface area contributed by atoms with Crippen LogP contribution < -0.4 is 9.64 Å². The lowest BCUT2D eigenvalue weighted by Gasteiger charge is -2.35. The Labute approximate surface area is 238 Å². The highest BCUT2D eigenvalue weighted by atomic mass is 32.2. The zero-order chi connectivity index (χ0) is 29.0. The molecule has 0 spiro atoms. The number of carbonyl (C=O) groups is 1. The molecule has 0 amide bonds. The summed E-state index contributed by atoms with van der Waals surface area (Å²) in [5.41, 5.74) is 3.47. The van der Waals surface area contributed by atoms with Gasteiger partial charge in [-0.1, -0.05) is 29.8 Å². The summed E-state index contributed by atoms with van der Waals surface area (Å²) in [7, 11) is -2.34. The Balaban J connectivity index is 1.41. The van der Waals surface area contributed by atoms with Gasteiger partial charge in [-0.3, -0.25) is 4.18 Å². The van der Waals surface area contributed by atoms with E-state index in [0.717, 1.165) is 16.9 Å². The molecule has 41 heavy (non-hydrogen) atoms. The predicted molar refractivity (Wildman–Crippen MR) is 152 cm³/mol. The Morgan fingerprint density at radius 3 is 2.56 bits per heavy atom. The van der Waals surface area contributed by atoms with Gasteiger partial charge in [-0.15, -0.1) is 0 Å². The van der Waals surface area contributed by atoms with E-state index in [0.29, 0.717) is 48.5 Å². The maximum atomic E-state index is 13.0. The summed E-state index contributed by atoms with van der Waals surface area (Å²) >= 11 is 0. The Kier molecular flexibility index (Phi) is 8.52. The Morgan fingerprint density at radius 1 is 1.10 bits per heavy atom. The molecule has 4 aromatic rings. The van der Waals surface area contributed by atoms with Crippen molar-refractivity contribution >= 4 is 32.8 Å². The van der Waals surface area contributed by atoms with Gasteiger partial charge in [0.05, 0.1) is 61.7 Å². The number of ether oxygens (including phenoxy) is 3. The van der Waals surface area contributed by atoms with Gasteiger partial charge in [-0.25, -0.2) is 14.5 Å². The van der Waals surface area contributed by atoms with Gasteiger partial charge in [0.2, 0.25) is 0 Å². The summed E-state index contributed by atoms with van der Waals surface area (Å²) in [6.45, 7) is 5.20. The largest absolute Gasteiger partial charge is 0.497 e. The van der Waals surface area contributed by atoms with E-state index < -0.39 is 22.2 Å². The van der Waals surface area contributed by atoms with Gasteiger partial charge in [0.25, 0.3) is 10.1 Å². The van der Waals surface area contributed by atoms with Crippen LogP contribution in [0.1, 0.15) is 28.4 Å². The van der Waals surface area contributed by atoms with Crippen molar-refractivity contribution in [3.05, 3.63) is 77.6 Å². The average Bonchev–Trinajstić information content (AvgIpc) is 3.39. The van der Waals surface area contributed by atoms with Crippen molar-refractivity contribution in [1.29, 1.82) is 0 Å². The van der Waals surface area contributed by atoms with Crippen LogP contribution in [-0.2, 0) is 30.3 Å². The number of rotatable bonds is 10. The second kappa shape index (κ2) is 12.2. The first-order valence-corrected chi connectivity index (χ1v) is 14.7. The summed E-state index contributed by atoms with van der Waals surface area (Å²) in [4.78, 5) is 19.6. The number of methoxy groups -OCH3 is 1. The molecule has 0 saturated carbocycles. The Hall–Kier alpha value is -4.00. The minimum Gasteiger partial charge on any atom is -0.497 e. The van der Waals surface area contributed by atoms with Gasteiger partial charge in [0, 0.05) is 19.3 Å². The zero-order valence-corrected chi connectivity index (χ0v) is 24.0. The number of aromatic nitrogens is 3. The molecule has 11 nitrogen and oxygen atoms in total. The van der Waals surface area contributed by atoms with E-state index in [9.17, 15) is 13.2 Å². The number of carbonyl (C=O) groups excluding carboxylic acids is 1. The van der Waals surface area contributed by atoms with E-state index in [-0.39, 0.29) is 18.1 Å². The quantitative estimate of drug-likeness (QED) is 0.203. The molecule has 1 fully saturated rings. The molecular weight excluding hydrogens is 548 g/mol. The third-order valence-corrected chi connectivity index (χ3v) is 8.09. The first kappa shape index (κ1) is 28.5. The molecule has 2 aromatic heterocycles. The van der Waals surface area contributed by atoms with Gasteiger partial charge in [0.15, 0.2) is 5.65 Å². The molecule has 0 aliphatic carbocycles. The fourth-order valence-corrected chi connectivity index (χ4v) is 5.63. The number of nitrogens with zero attached hydrogens (tertiary/aromatic N) is 4. The minimum absolute atomic E-state index is 0.0838. The van der Waals surface area contributed by atoms with Crippen LogP contribution in [0.4, 0.5) is 5.69 Å². The van der Waals surface area contributed by atoms with Crippen LogP contribution in [-0.4, -0.2) is 75.3 Å². The predicted octanol–water partition coefficient (Wildman–Crippen LogP) is 3.58. The highest BCUT2D eigenvalue weighted by Crippen LogP contribution is 2.32. The van der Waals surface area contributed by atoms with Crippen molar-refractivity contribution < 1.29 is 31.6 Å². The van der Waals surface area contributed by atoms with E-state index in [4.69, 9.17) is 18.4 Å². The number of aryl methyl sites for hydroxylation is 1. The number of morpholine rings is 1. The lowest BCUT2D eigenvalue weighted by atomic mass is 10.1. The van der Waals surface area contributed by atoms with E-state index in [1.165, 1.54) is 18.3 Å². The summed E-state index contributed by atoms with van der Waals surface area (Å²) < 4.78 is 49.0. The van der Waals surface area contributed by atoms with E-state index in [1.807, 2.05) is 36.1 Å². The summed E-state index contributed by atoms with van der Waals surface area (Å²) in [6.07, 6.45) is 2.63. The van der Waals surface area contributed by atoms with E-state index >= 15 is 0 Å². The molecule has 216 valence electrons. The van der Waals surface area contributed by atoms with Crippen LogP contribution >= 0.6 is 0 Å². The van der Waals surface area contributed by atoms with Crippen LogP contribution in [0, 0.1) is 6.92 Å². The number of fused-ring (bicyclic) bond motifs is 1. The maximum Gasteiger partial charge on any atom is 0.341 e. The van der Waals surface area contributed by atoms with Crippen molar-refractivity contribution in [2.24, 2.45) is 0 Å². The van der Waals surface area contributed by atoms with Crippen LogP contribution in [0.5, 0.6) is 5.75 Å². The molecule has 1 atom stereocenters. The lowest BCUT2D eigenvalue weighted by molar-refractivity contribution is 0.0117. The smallest absolute Gasteiger partial charge is 0.341 e. The van der Waals surface area contributed by atoms with Crippen LogP contribution in [0.3, 0.4) is 0 Å². The number of benzene rings is 2. The second-order valence-electron chi connectivity index (χ2n) is 9.62. The molecule has 0 unspecified atom stereocenters. The van der Waals surface area contributed by atoms with E-state index in [2.05, 4.69) is 10.1 Å². The minimum atomic E-state index is -3.96. The molecule has 12 heteroatoms. The van der Waals surface area contributed by atoms with Gasteiger partial charge < -0.3 is 19.1 Å².